The van der Waals surface area contributed by atoms with Gasteiger partial charge in [0.05, 0.1) is 15.3 Å². The predicted octanol–water partition coefficient (Wildman–Crippen LogP) is 5.09. The number of thioether (sulfide) groups is 1. The van der Waals surface area contributed by atoms with Crippen LogP contribution in [-0.4, -0.2) is 16.5 Å². The molecule has 0 atom stereocenters. The molecule has 0 aromatic carbocycles. The van der Waals surface area contributed by atoms with E-state index in [1.54, 1.807) is 34.4 Å². The Kier molecular flexibility index (Phi) is 4.47. The molecule has 6 heteroatoms. The fraction of sp³-hybridized carbons (Fsp3) is 0.333. The van der Waals surface area contributed by atoms with E-state index in [2.05, 4.69) is 43.6 Å². The van der Waals surface area contributed by atoms with Crippen molar-refractivity contribution < 1.29 is 0 Å². The van der Waals surface area contributed by atoms with Gasteiger partial charge >= 0.3 is 0 Å². The van der Waals surface area contributed by atoms with Crippen molar-refractivity contribution in [2.45, 2.75) is 30.7 Å². The number of nitrogens with one attached hydrogen (secondary N) is 1. The van der Waals surface area contributed by atoms with Crippen molar-refractivity contribution in [2.24, 2.45) is 0 Å². The molecule has 0 saturated carbocycles. The molecule has 0 amide bonds. The maximum absolute atomic E-state index is 4.75. The predicted molar refractivity (Wildman–Crippen MR) is 94.9 cm³/mol. The highest BCUT2D eigenvalue weighted by atomic mass is 32.2. The third-order valence-electron chi connectivity index (χ3n) is 3.26. The number of hydrogen-bond acceptors (Lipinski definition) is 6. The Bertz CT molecular complexity index is 747. The van der Waals surface area contributed by atoms with E-state index in [9.17, 15) is 0 Å². The lowest BCUT2D eigenvalue weighted by Gasteiger charge is -2.07. The quantitative estimate of drug-likeness (QED) is 0.659. The van der Waals surface area contributed by atoms with Crippen LogP contribution >= 0.6 is 34.4 Å². The Morgan fingerprint density at radius 3 is 2.86 bits per heavy atom. The average Bonchev–Trinajstić information content (AvgIpc) is 3.06. The maximum atomic E-state index is 4.75. The molecule has 0 radical (unpaired) electrons. The van der Waals surface area contributed by atoms with E-state index < -0.39 is 0 Å². The Balaban J connectivity index is 1.95. The van der Waals surface area contributed by atoms with E-state index in [4.69, 9.17) is 9.97 Å². The van der Waals surface area contributed by atoms with Gasteiger partial charge in [-0.05, 0) is 37.8 Å². The second kappa shape index (κ2) is 6.34. The molecule has 0 aliphatic heterocycles. The Hall–Kier alpha value is -1.11. The van der Waals surface area contributed by atoms with Crippen molar-refractivity contribution in [3.63, 3.8) is 0 Å². The van der Waals surface area contributed by atoms with Gasteiger partial charge in [0.25, 0.3) is 0 Å². The van der Waals surface area contributed by atoms with Crippen LogP contribution in [0, 0.1) is 13.8 Å². The van der Waals surface area contributed by atoms with Crippen molar-refractivity contribution in [1.29, 1.82) is 0 Å². The summed E-state index contributed by atoms with van der Waals surface area (Å²) in [5.74, 6) is 2.69. The van der Waals surface area contributed by atoms with Gasteiger partial charge in [0, 0.05) is 11.4 Å². The zero-order valence-corrected chi connectivity index (χ0v) is 14.7. The number of nitrogens with zero attached hydrogens (tertiary/aromatic N) is 2. The van der Waals surface area contributed by atoms with E-state index in [-0.39, 0.29) is 0 Å². The lowest BCUT2D eigenvalue weighted by Crippen LogP contribution is -2.03. The van der Waals surface area contributed by atoms with E-state index in [1.165, 1.54) is 20.0 Å². The van der Waals surface area contributed by atoms with E-state index in [0.29, 0.717) is 0 Å². The van der Waals surface area contributed by atoms with Crippen LogP contribution < -0.4 is 5.32 Å². The van der Waals surface area contributed by atoms with Crippen molar-refractivity contribution in [1.82, 2.24) is 9.97 Å². The second-order valence-corrected chi connectivity index (χ2v) is 8.13. The van der Waals surface area contributed by atoms with E-state index >= 15 is 0 Å². The number of fused-ring (bicyclic) bond motifs is 1. The van der Waals surface area contributed by atoms with Crippen LogP contribution in [0.4, 0.5) is 5.82 Å². The smallest absolute Gasteiger partial charge is 0.142 e. The van der Waals surface area contributed by atoms with Crippen molar-refractivity contribution >= 4 is 50.5 Å². The van der Waals surface area contributed by atoms with E-state index in [1.807, 2.05) is 0 Å². The summed E-state index contributed by atoms with van der Waals surface area (Å²) in [6.07, 6.45) is 0. The fourth-order valence-corrected chi connectivity index (χ4v) is 4.82. The van der Waals surface area contributed by atoms with Crippen LogP contribution in [0.25, 0.3) is 10.2 Å². The molecule has 0 saturated heterocycles. The zero-order chi connectivity index (χ0) is 14.8. The van der Waals surface area contributed by atoms with Gasteiger partial charge in [-0.25, -0.2) is 9.97 Å². The van der Waals surface area contributed by atoms with E-state index in [0.717, 1.165) is 28.8 Å². The van der Waals surface area contributed by atoms with Gasteiger partial charge in [0.2, 0.25) is 0 Å². The molecule has 0 spiro atoms. The summed E-state index contributed by atoms with van der Waals surface area (Å²) in [5, 5.41) is 6.67. The molecule has 1 N–H and O–H groups in total. The summed E-state index contributed by atoms with van der Waals surface area (Å²) in [7, 11) is 0. The normalized spacial score (nSPS) is 11.2. The van der Waals surface area contributed by atoms with Gasteiger partial charge in [0.1, 0.15) is 16.5 Å². The summed E-state index contributed by atoms with van der Waals surface area (Å²) in [4.78, 5) is 11.9. The second-order valence-electron chi connectivity index (χ2n) is 4.70. The van der Waals surface area contributed by atoms with Gasteiger partial charge in [-0.3, -0.25) is 0 Å². The summed E-state index contributed by atoms with van der Waals surface area (Å²) in [5.41, 5.74) is 1.29. The largest absolute Gasteiger partial charge is 0.370 e. The third-order valence-corrected chi connectivity index (χ3v) is 6.49. The average molecular weight is 336 g/mol. The lowest BCUT2D eigenvalue weighted by molar-refractivity contribution is 1.05. The van der Waals surface area contributed by atoms with Gasteiger partial charge < -0.3 is 5.32 Å². The minimum Gasteiger partial charge on any atom is -0.370 e. The molecule has 3 aromatic heterocycles. The highest BCUT2D eigenvalue weighted by Gasteiger charge is 2.14. The monoisotopic (exact) mass is 335 g/mol. The molecule has 0 aliphatic carbocycles. The van der Waals surface area contributed by atoms with Crippen LogP contribution in [0.3, 0.4) is 0 Å². The summed E-state index contributed by atoms with van der Waals surface area (Å²) < 4.78 is 1.31. The lowest BCUT2D eigenvalue weighted by atomic mass is 10.2. The van der Waals surface area contributed by atoms with Crippen LogP contribution in [-0.2, 0) is 5.75 Å². The molecule has 0 unspecified atom stereocenters. The molecular weight excluding hydrogens is 318 g/mol. The minimum atomic E-state index is 0.810. The van der Waals surface area contributed by atoms with Crippen molar-refractivity contribution in [3.8, 4) is 0 Å². The number of aryl methyl sites for hydroxylation is 2. The number of hydrogen-bond donors (Lipinski definition) is 1. The molecule has 3 rings (SSSR count). The van der Waals surface area contributed by atoms with Gasteiger partial charge in [-0.1, -0.05) is 6.07 Å². The van der Waals surface area contributed by atoms with Crippen molar-refractivity contribution in [2.75, 3.05) is 11.9 Å². The first-order chi connectivity index (χ1) is 10.2. The summed E-state index contributed by atoms with van der Waals surface area (Å²) in [6, 6.07) is 4.21. The standard InChI is InChI=1S/C15H17N3S3/c1-4-16-14-13-9(2)10(3)21-15(13)18-11(17-14)8-20-12-6-5-7-19-12/h5-7H,4,8H2,1-3H3,(H,16,17,18). The Labute approximate surface area is 136 Å². The molecule has 3 heterocycles. The molecule has 3 aromatic rings. The van der Waals surface area contributed by atoms with Gasteiger partial charge in [0.15, 0.2) is 0 Å². The molecule has 21 heavy (non-hydrogen) atoms. The molecule has 0 bridgehead atoms. The van der Waals surface area contributed by atoms with Gasteiger partial charge in [-0.15, -0.1) is 34.4 Å². The number of anilines is 1. The third kappa shape index (κ3) is 3.07. The van der Waals surface area contributed by atoms with Crippen LogP contribution in [0.15, 0.2) is 21.7 Å². The Morgan fingerprint density at radius 1 is 1.29 bits per heavy atom. The SMILES string of the molecule is CCNc1nc(CSc2cccs2)nc2sc(C)c(C)c12. The highest BCUT2D eigenvalue weighted by molar-refractivity contribution is 8.00. The van der Waals surface area contributed by atoms with Crippen molar-refractivity contribution in [3.05, 3.63) is 33.8 Å². The minimum absolute atomic E-state index is 0.810. The first-order valence-electron chi connectivity index (χ1n) is 6.85. The van der Waals surface area contributed by atoms with Crippen LogP contribution in [0.1, 0.15) is 23.2 Å². The Morgan fingerprint density at radius 2 is 2.14 bits per heavy atom. The number of aromatic nitrogens is 2. The topological polar surface area (TPSA) is 37.8 Å². The fourth-order valence-electron chi connectivity index (χ4n) is 2.14. The zero-order valence-electron chi connectivity index (χ0n) is 12.3. The highest BCUT2D eigenvalue weighted by Crippen LogP contribution is 2.34. The molecule has 110 valence electrons. The molecular formula is C15H17N3S3. The summed E-state index contributed by atoms with van der Waals surface area (Å²) >= 11 is 5.32. The maximum Gasteiger partial charge on any atom is 0.142 e. The molecule has 0 fully saturated rings. The number of thiophene rings is 2. The molecule has 0 aliphatic rings. The van der Waals surface area contributed by atoms with Crippen LogP contribution in [0.2, 0.25) is 0 Å². The summed E-state index contributed by atoms with van der Waals surface area (Å²) in [6.45, 7) is 7.27. The first-order valence-corrected chi connectivity index (χ1v) is 9.54. The molecule has 3 nitrogen and oxygen atoms in total. The van der Waals surface area contributed by atoms with Crippen LogP contribution in [0.5, 0.6) is 0 Å². The number of rotatable bonds is 5. The first kappa shape index (κ1) is 14.8. The van der Waals surface area contributed by atoms with Gasteiger partial charge in [-0.2, -0.15) is 0 Å².